The molecule has 3 aromatic rings. The SMILES string of the molecule is CN(CC(=O)Nc1c(Cl)cccc1Cl)C(=O)c1ccc(CS(=O)(=O)c2ccccc2)o1. The predicted octanol–water partition coefficient (Wildman–Crippen LogP) is 4.27. The minimum Gasteiger partial charge on any atom is -0.455 e. The lowest BCUT2D eigenvalue weighted by Gasteiger charge is -2.16. The molecule has 0 aliphatic heterocycles. The Hall–Kier alpha value is -2.81. The lowest BCUT2D eigenvalue weighted by molar-refractivity contribution is -0.116. The zero-order valence-electron chi connectivity index (χ0n) is 16.3. The number of likely N-dealkylation sites (N-methyl/N-ethyl adjacent to an activating group) is 1. The Labute approximate surface area is 189 Å². The van der Waals surface area contributed by atoms with Crippen molar-refractivity contribution >= 4 is 50.5 Å². The van der Waals surface area contributed by atoms with Gasteiger partial charge in [0.1, 0.15) is 11.5 Å². The number of halogens is 2. The van der Waals surface area contributed by atoms with Gasteiger partial charge >= 0.3 is 0 Å². The van der Waals surface area contributed by atoms with Gasteiger partial charge in [0, 0.05) is 7.05 Å². The van der Waals surface area contributed by atoms with Gasteiger partial charge in [-0.1, -0.05) is 47.5 Å². The van der Waals surface area contributed by atoms with Gasteiger partial charge in [-0.05, 0) is 36.4 Å². The van der Waals surface area contributed by atoms with E-state index in [4.69, 9.17) is 27.6 Å². The predicted molar refractivity (Wildman–Crippen MR) is 118 cm³/mol. The van der Waals surface area contributed by atoms with Crippen molar-refractivity contribution in [3.8, 4) is 0 Å². The molecule has 0 aliphatic carbocycles. The molecule has 10 heteroatoms. The minimum absolute atomic E-state index is 0.0793. The second kappa shape index (κ2) is 9.55. The number of benzene rings is 2. The fourth-order valence-electron chi connectivity index (χ4n) is 2.74. The highest BCUT2D eigenvalue weighted by molar-refractivity contribution is 7.90. The second-order valence-electron chi connectivity index (χ2n) is 6.64. The first-order chi connectivity index (χ1) is 14.7. The smallest absolute Gasteiger partial charge is 0.289 e. The fourth-order valence-corrected chi connectivity index (χ4v) is 4.50. The van der Waals surface area contributed by atoms with Crippen molar-refractivity contribution < 1.29 is 22.4 Å². The number of hydrogen-bond acceptors (Lipinski definition) is 5. The number of nitrogens with one attached hydrogen (secondary N) is 1. The van der Waals surface area contributed by atoms with Crippen molar-refractivity contribution in [1.82, 2.24) is 4.90 Å². The van der Waals surface area contributed by atoms with Gasteiger partial charge in [-0.25, -0.2) is 8.42 Å². The maximum atomic E-state index is 12.6. The molecule has 0 atom stereocenters. The van der Waals surface area contributed by atoms with E-state index >= 15 is 0 Å². The van der Waals surface area contributed by atoms with E-state index in [1.807, 2.05) is 0 Å². The Morgan fingerprint density at radius 1 is 0.968 bits per heavy atom. The quantitative estimate of drug-likeness (QED) is 0.544. The summed E-state index contributed by atoms with van der Waals surface area (Å²) in [6.07, 6.45) is 0. The topological polar surface area (TPSA) is 96.7 Å². The summed E-state index contributed by atoms with van der Waals surface area (Å²) in [4.78, 5) is 26.1. The van der Waals surface area contributed by atoms with Gasteiger partial charge in [-0.15, -0.1) is 0 Å². The van der Waals surface area contributed by atoms with E-state index < -0.39 is 21.7 Å². The van der Waals surface area contributed by atoms with Crippen LogP contribution in [0.25, 0.3) is 0 Å². The molecule has 0 bridgehead atoms. The largest absolute Gasteiger partial charge is 0.455 e. The van der Waals surface area contributed by atoms with E-state index in [0.29, 0.717) is 0 Å². The summed E-state index contributed by atoms with van der Waals surface area (Å²) in [6, 6.07) is 15.5. The molecule has 0 aliphatic rings. The van der Waals surface area contributed by atoms with Crippen LogP contribution in [0.5, 0.6) is 0 Å². The van der Waals surface area contributed by atoms with Gasteiger partial charge < -0.3 is 14.6 Å². The normalized spacial score (nSPS) is 11.2. The number of nitrogens with zero attached hydrogens (tertiary/aromatic N) is 1. The minimum atomic E-state index is -3.62. The molecular weight excluding hydrogens is 463 g/mol. The fraction of sp³-hybridized carbons (Fsp3) is 0.143. The highest BCUT2D eigenvalue weighted by atomic mass is 35.5. The van der Waals surface area contributed by atoms with Crippen LogP contribution in [0.1, 0.15) is 16.3 Å². The first-order valence-electron chi connectivity index (χ1n) is 9.03. The van der Waals surface area contributed by atoms with Crippen molar-refractivity contribution in [3.63, 3.8) is 0 Å². The van der Waals surface area contributed by atoms with Crippen LogP contribution >= 0.6 is 23.2 Å². The molecule has 0 unspecified atom stereocenters. The number of sulfone groups is 1. The molecular formula is C21H18Cl2N2O5S. The van der Waals surface area contributed by atoms with E-state index in [9.17, 15) is 18.0 Å². The van der Waals surface area contributed by atoms with Gasteiger partial charge in [0.25, 0.3) is 5.91 Å². The van der Waals surface area contributed by atoms with Crippen LogP contribution in [0.3, 0.4) is 0 Å². The third kappa shape index (κ3) is 5.66. The molecule has 162 valence electrons. The Morgan fingerprint density at radius 3 is 2.26 bits per heavy atom. The molecule has 1 heterocycles. The van der Waals surface area contributed by atoms with E-state index in [1.165, 1.54) is 31.3 Å². The summed E-state index contributed by atoms with van der Waals surface area (Å²) in [7, 11) is -2.20. The van der Waals surface area contributed by atoms with Crippen LogP contribution in [0, 0.1) is 0 Å². The number of carbonyl (C=O) groups is 2. The lowest BCUT2D eigenvalue weighted by Crippen LogP contribution is -2.34. The van der Waals surface area contributed by atoms with E-state index in [1.54, 1.807) is 36.4 Å². The summed E-state index contributed by atoms with van der Waals surface area (Å²) in [6.45, 7) is -0.293. The highest BCUT2D eigenvalue weighted by Gasteiger charge is 2.22. The monoisotopic (exact) mass is 480 g/mol. The molecule has 31 heavy (non-hydrogen) atoms. The molecule has 2 aromatic carbocycles. The number of rotatable bonds is 7. The van der Waals surface area contributed by atoms with E-state index in [-0.39, 0.29) is 44.4 Å². The van der Waals surface area contributed by atoms with Crippen LogP contribution in [-0.2, 0) is 20.4 Å². The van der Waals surface area contributed by atoms with Crippen molar-refractivity contribution in [2.24, 2.45) is 0 Å². The molecule has 0 saturated carbocycles. The Kier molecular flexibility index (Phi) is 7.04. The zero-order valence-corrected chi connectivity index (χ0v) is 18.7. The van der Waals surface area contributed by atoms with E-state index in [2.05, 4.69) is 5.32 Å². The van der Waals surface area contributed by atoms with Gasteiger partial charge in [0.2, 0.25) is 5.91 Å². The highest BCUT2D eigenvalue weighted by Crippen LogP contribution is 2.29. The average molecular weight is 481 g/mol. The lowest BCUT2D eigenvalue weighted by atomic mass is 10.3. The van der Waals surface area contributed by atoms with Crippen molar-refractivity contribution in [2.45, 2.75) is 10.6 Å². The number of carbonyl (C=O) groups excluding carboxylic acids is 2. The van der Waals surface area contributed by atoms with Crippen molar-refractivity contribution in [1.29, 1.82) is 0 Å². The maximum absolute atomic E-state index is 12.6. The number of amides is 2. The first kappa shape index (κ1) is 22.9. The number of hydrogen-bond donors (Lipinski definition) is 1. The van der Waals surface area contributed by atoms with Crippen LogP contribution in [0.2, 0.25) is 10.0 Å². The maximum Gasteiger partial charge on any atom is 0.289 e. The number of furan rings is 1. The molecule has 1 N–H and O–H groups in total. The van der Waals surface area contributed by atoms with Crippen LogP contribution < -0.4 is 5.32 Å². The van der Waals surface area contributed by atoms with Crippen molar-refractivity contribution in [3.05, 3.63) is 82.2 Å². The molecule has 3 rings (SSSR count). The van der Waals surface area contributed by atoms with Gasteiger partial charge in [-0.3, -0.25) is 9.59 Å². The number of para-hydroxylation sites is 1. The molecule has 0 fully saturated rings. The van der Waals surface area contributed by atoms with Gasteiger partial charge in [-0.2, -0.15) is 0 Å². The Balaban J connectivity index is 1.64. The summed E-state index contributed by atoms with van der Waals surface area (Å²) in [5.41, 5.74) is 0.253. The zero-order chi connectivity index (χ0) is 22.6. The van der Waals surface area contributed by atoms with Crippen LogP contribution in [0.4, 0.5) is 5.69 Å². The number of anilines is 1. The average Bonchev–Trinajstić information content (AvgIpc) is 3.18. The molecule has 2 amide bonds. The standard InChI is InChI=1S/C21H18Cl2N2O5S/c1-25(12-19(26)24-20-16(22)8-5-9-17(20)23)21(27)18-11-10-14(30-18)13-31(28,29)15-6-3-2-4-7-15/h2-11H,12-13H2,1H3,(H,24,26). The summed E-state index contributed by atoms with van der Waals surface area (Å²) in [5.74, 6) is -1.44. The third-order valence-corrected chi connectivity index (χ3v) is 6.55. The first-order valence-corrected chi connectivity index (χ1v) is 11.4. The molecule has 0 saturated heterocycles. The summed E-state index contributed by atoms with van der Waals surface area (Å²) < 4.78 is 30.3. The molecule has 7 nitrogen and oxygen atoms in total. The molecule has 0 radical (unpaired) electrons. The third-order valence-electron chi connectivity index (χ3n) is 4.26. The summed E-state index contributed by atoms with van der Waals surface area (Å²) in [5, 5.41) is 3.10. The van der Waals surface area contributed by atoms with Gasteiger partial charge in [0.15, 0.2) is 15.6 Å². The second-order valence-corrected chi connectivity index (χ2v) is 9.45. The summed E-state index contributed by atoms with van der Waals surface area (Å²) >= 11 is 12.0. The van der Waals surface area contributed by atoms with E-state index in [0.717, 1.165) is 4.90 Å². The Bertz CT molecular complexity index is 1190. The molecule has 1 aromatic heterocycles. The molecule has 0 spiro atoms. The van der Waals surface area contributed by atoms with Crippen molar-refractivity contribution in [2.75, 3.05) is 18.9 Å². The van der Waals surface area contributed by atoms with Crippen LogP contribution in [0.15, 0.2) is 70.0 Å². The Morgan fingerprint density at radius 2 is 1.61 bits per heavy atom. The van der Waals surface area contributed by atoms with Crippen LogP contribution in [-0.4, -0.2) is 38.7 Å². The van der Waals surface area contributed by atoms with Gasteiger partial charge in [0.05, 0.1) is 27.2 Å².